The molecule has 1 rings (SSSR count). The number of amides is 1. The standard InChI is InChI=1S/C12H13F3N2O5/c1-6(16-11(20)10(19)12(13,14)15)9(18)7-2-4-8(5-3-7)17(21)22/h2-6,9-10,18-19H,1H3,(H,16,20)/t6-,9?,10?/m1/s1. The van der Waals surface area contributed by atoms with E-state index in [1.165, 1.54) is 19.1 Å². The molecule has 122 valence electrons. The van der Waals surface area contributed by atoms with Crippen LogP contribution in [0.5, 0.6) is 0 Å². The fourth-order valence-corrected chi connectivity index (χ4v) is 1.61. The summed E-state index contributed by atoms with van der Waals surface area (Å²) in [5.74, 6) is -1.69. The molecule has 3 N–H and O–H groups in total. The molecule has 0 fully saturated rings. The Bertz CT molecular complexity index is 547. The van der Waals surface area contributed by atoms with E-state index < -0.39 is 35.3 Å². The van der Waals surface area contributed by atoms with Gasteiger partial charge >= 0.3 is 6.18 Å². The Morgan fingerprint density at radius 2 is 1.77 bits per heavy atom. The molecular formula is C12H13F3N2O5. The Labute approximate surface area is 122 Å². The second kappa shape index (κ2) is 6.71. The minimum Gasteiger partial charge on any atom is -0.386 e. The van der Waals surface area contributed by atoms with Crippen molar-refractivity contribution in [3.8, 4) is 0 Å². The minimum absolute atomic E-state index is 0.167. The number of alkyl halides is 3. The molecule has 3 atom stereocenters. The van der Waals surface area contributed by atoms with Crippen molar-refractivity contribution in [2.75, 3.05) is 0 Å². The van der Waals surface area contributed by atoms with Gasteiger partial charge in [0.2, 0.25) is 6.10 Å². The van der Waals surface area contributed by atoms with Gasteiger partial charge in [0.15, 0.2) is 0 Å². The van der Waals surface area contributed by atoms with Crippen LogP contribution in [0.15, 0.2) is 24.3 Å². The number of benzene rings is 1. The van der Waals surface area contributed by atoms with Crippen LogP contribution < -0.4 is 5.32 Å². The molecule has 0 aromatic heterocycles. The zero-order chi connectivity index (χ0) is 17.1. The van der Waals surface area contributed by atoms with Gasteiger partial charge in [-0.05, 0) is 24.6 Å². The lowest BCUT2D eigenvalue weighted by molar-refractivity contribution is -0.384. The number of nitro benzene ring substituents is 1. The summed E-state index contributed by atoms with van der Waals surface area (Å²) in [6, 6.07) is 3.50. The quantitative estimate of drug-likeness (QED) is 0.554. The van der Waals surface area contributed by atoms with E-state index >= 15 is 0 Å². The smallest absolute Gasteiger partial charge is 0.386 e. The predicted molar refractivity (Wildman–Crippen MR) is 67.7 cm³/mol. The van der Waals surface area contributed by atoms with Crippen molar-refractivity contribution in [3.63, 3.8) is 0 Å². The fraction of sp³-hybridized carbons (Fsp3) is 0.417. The van der Waals surface area contributed by atoms with Gasteiger partial charge in [-0.15, -0.1) is 0 Å². The molecule has 0 aliphatic carbocycles. The first-order valence-corrected chi connectivity index (χ1v) is 6.01. The third kappa shape index (κ3) is 4.40. The second-order valence-electron chi connectivity index (χ2n) is 4.53. The zero-order valence-corrected chi connectivity index (χ0v) is 11.2. The van der Waals surface area contributed by atoms with E-state index in [4.69, 9.17) is 5.11 Å². The summed E-state index contributed by atoms with van der Waals surface area (Å²) in [6.45, 7) is 1.23. The molecule has 0 heterocycles. The highest BCUT2D eigenvalue weighted by Gasteiger charge is 2.44. The first kappa shape index (κ1) is 17.9. The monoisotopic (exact) mass is 322 g/mol. The van der Waals surface area contributed by atoms with Crippen molar-refractivity contribution in [2.45, 2.75) is 31.3 Å². The van der Waals surface area contributed by atoms with E-state index in [1.807, 2.05) is 5.32 Å². The van der Waals surface area contributed by atoms with Gasteiger partial charge in [0.05, 0.1) is 17.1 Å². The number of halogens is 3. The molecule has 0 spiro atoms. The molecule has 2 unspecified atom stereocenters. The van der Waals surface area contributed by atoms with Crippen LogP contribution in [0.25, 0.3) is 0 Å². The number of carbonyl (C=O) groups excluding carboxylic acids is 1. The summed E-state index contributed by atoms with van der Waals surface area (Å²) in [7, 11) is 0. The van der Waals surface area contributed by atoms with E-state index in [0.29, 0.717) is 0 Å². The lowest BCUT2D eigenvalue weighted by atomic mass is 10.0. The SMILES string of the molecule is C[C@@H](NC(=O)C(O)C(F)(F)F)C(O)c1ccc([N+](=O)[O-])cc1. The second-order valence-corrected chi connectivity index (χ2v) is 4.53. The number of aliphatic hydroxyl groups excluding tert-OH is 2. The number of hydrogen-bond donors (Lipinski definition) is 3. The fourth-order valence-electron chi connectivity index (χ4n) is 1.61. The van der Waals surface area contributed by atoms with E-state index in [0.717, 1.165) is 12.1 Å². The van der Waals surface area contributed by atoms with E-state index in [-0.39, 0.29) is 11.3 Å². The molecule has 0 aliphatic heterocycles. The topological polar surface area (TPSA) is 113 Å². The normalized spacial score (nSPS) is 15.7. The van der Waals surface area contributed by atoms with Gasteiger partial charge in [-0.1, -0.05) is 0 Å². The van der Waals surface area contributed by atoms with Gasteiger partial charge in [0, 0.05) is 12.1 Å². The van der Waals surface area contributed by atoms with Crippen LogP contribution in [0.3, 0.4) is 0 Å². The van der Waals surface area contributed by atoms with Crippen molar-refractivity contribution in [1.29, 1.82) is 0 Å². The Morgan fingerprint density at radius 3 is 2.18 bits per heavy atom. The number of aliphatic hydroxyl groups is 2. The van der Waals surface area contributed by atoms with Gasteiger partial charge in [-0.2, -0.15) is 13.2 Å². The van der Waals surface area contributed by atoms with Gasteiger partial charge < -0.3 is 15.5 Å². The van der Waals surface area contributed by atoms with Crippen molar-refractivity contribution >= 4 is 11.6 Å². The van der Waals surface area contributed by atoms with E-state index in [1.54, 1.807) is 0 Å². The van der Waals surface area contributed by atoms with Gasteiger partial charge in [-0.3, -0.25) is 14.9 Å². The third-order valence-corrected chi connectivity index (χ3v) is 2.85. The molecule has 1 aromatic carbocycles. The molecule has 1 amide bonds. The molecule has 10 heteroatoms. The average molecular weight is 322 g/mol. The molecule has 0 radical (unpaired) electrons. The van der Waals surface area contributed by atoms with Crippen molar-refractivity contribution < 1.29 is 33.1 Å². The molecule has 0 bridgehead atoms. The molecule has 0 saturated carbocycles. The van der Waals surface area contributed by atoms with Crippen molar-refractivity contribution in [2.24, 2.45) is 0 Å². The van der Waals surface area contributed by atoms with Gasteiger partial charge in [0.25, 0.3) is 11.6 Å². The Kier molecular flexibility index (Phi) is 5.44. The maximum Gasteiger partial charge on any atom is 0.423 e. The Hall–Kier alpha value is -2.20. The van der Waals surface area contributed by atoms with Crippen LogP contribution >= 0.6 is 0 Å². The highest BCUT2D eigenvalue weighted by atomic mass is 19.4. The van der Waals surface area contributed by atoms with Crippen LogP contribution in [-0.2, 0) is 4.79 Å². The summed E-state index contributed by atoms with van der Waals surface area (Å²) in [4.78, 5) is 21.0. The molecule has 7 nitrogen and oxygen atoms in total. The zero-order valence-electron chi connectivity index (χ0n) is 11.2. The Balaban J connectivity index is 2.74. The minimum atomic E-state index is -5.11. The lowest BCUT2D eigenvalue weighted by Crippen LogP contribution is -2.48. The molecule has 1 aromatic rings. The van der Waals surface area contributed by atoms with Crippen molar-refractivity contribution in [1.82, 2.24) is 5.32 Å². The largest absolute Gasteiger partial charge is 0.423 e. The molecule has 22 heavy (non-hydrogen) atoms. The number of non-ortho nitro benzene ring substituents is 1. The first-order valence-electron chi connectivity index (χ1n) is 6.01. The molecule has 0 aliphatic rings. The summed E-state index contributed by atoms with van der Waals surface area (Å²) in [5.41, 5.74) is -0.0555. The van der Waals surface area contributed by atoms with Crippen LogP contribution in [-0.4, -0.2) is 39.4 Å². The maximum absolute atomic E-state index is 12.2. The van der Waals surface area contributed by atoms with Gasteiger partial charge in [-0.25, -0.2) is 0 Å². The van der Waals surface area contributed by atoms with E-state index in [2.05, 4.69) is 0 Å². The van der Waals surface area contributed by atoms with Crippen LogP contribution in [0.2, 0.25) is 0 Å². The number of nitrogens with one attached hydrogen (secondary N) is 1. The summed E-state index contributed by atoms with van der Waals surface area (Å²) in [5, 5.41) is 31.0. The first-order chi connectivity index (χ1) is 10.0. The van der Waals surface area contributed by atoms with Crippen LogP contribution in [0.4, 0.5) is 18.9 Å². The molecular weight excluding hydrogens is 309 g/mol. The highest BCUT2D eigenvalue weighted by Crippen LogP contribution is 2.22. The summed E-state index contributed by atoms with van der Waals surface area (Å²) >= 11 is 0. The number of rotatable bonds is 5. The average Bonchev–Trinajstić information content (AvgIpc) is 2.44. The van der Waals surface area contributed by atoms with Crippen molar-refractivity contribution in [3.05, 3.63) is 39.9 Å². The Morgan fingerprint density at radius 1 is 1.27 bits per heavy atom. The summed E-state index contributed by atoms with van der Waals surface area (Å²) in [6.07, 6.45) is -9.70. The number of carbonyl (C=O) groups is 1. The number of nitro groups is 1. The predicted octanol–water partition coefficient (Wildman–Crippen LogP) is 1.06. The van der Waals surface area contributed by atoms with Gasteiger partial charge in [0.1, 0.15) is 0 Å². The van der Waals surface area contributed by atoms with Crippen LogP contribution in [0, 0.1) is 10.1 Å². The molecule has 0 saturated heterocycles. The maximum atomic E-state index is 12.2. The number of hydrogen-bond acceptors (Lipinski definition) is 5. The summed E-state index contributed by atoms with van der Waals surface area (Å²) < 4.78 is 36.5. The van der Waals surface area contributed by atoms with E-state index in [9.17, 15) is 33.2 Å². The third-order valence-electron chi connectivity index (χ3n) is 2.85. The number of nitrogens with zero attached hydrogens (tertiary/aromatic N) is 1. The van der Waals surface area contributed by atoms with Crippen LogP contribution in [0.1, 0.15) is 18.6 Å². The lowest BCUT2D eigenvalue weighted by Gasteiger charge is -2.22. The highest BCUT2D eigenvalue weighted by molar-refractivity contribution is 5.81.